The van der Waals surface area contributed by atoms with Crippen LogP contribution in [-0.2, 0) is 21.5 Å². The molecule has 0 spiro atoms. The van der Waals surface area contributed by atoms with Gasteiger partial charge in [-0.3, -0.25) is 0 Å². The lowest BCUT2D eigenvalue weighted by Crippen LogP contribution is -2.41. The standard InChI is InChI=1S/C14H20N2O4S/c1-11(2)16(3)21(19,20)15-10-13-6-4-5-12(9-13)7-8-14(17)18/h4-9,11,15H,10H2,1-3H3,(H,17,18). The van der Waals surface area contributed by atoms with Gasteiger partial charge in [0.25, 0.3) is 10.2 Å². The van der Waals surface area contributed by atoms with E-state index in [1.807, 2.05) is 0 Å². The molecule has 0 unspecified atom stereocenters. The Kier molecular flexibility index (Phi) is 6.07. The minimum Gasteiger partial charge on any atom is -0.478 e. The number of nitrogens with one attached hydrogen (secondary N) is 1. The van der Waals surface area contributed by atoms with Gasteiger partial charge >= 0.3 is 5.97 Å². The molecule has 1 aromatic carbocycles. The van der Waals surface area contributed by atoms with E-state index >= 15 is 0 Å². The highest BCUT2D eigenvalue weighted by Crippen LogP contribution is 2.08. The fourth-order valence-corrected chi connectivity index (χ4v) is 2.64. The van der Waals surface area contributed by atoms with Gasteiger partial charge in [-0.2, -0.15) is 17.4 Å². The van der Waals surface area contributed by atoms with Gasteiger partial charge in [0.15, 0.2) is 0 Å². The van der Waals surface area contributed by atoms with Gasteiger partial charge in [-0.1, -0.05) is 24.3 Å². The maximum Gasteiger partial charge on any atom is 0.328 e. The first-order valence-electron chi connectivity index (χ1n) is 6.45. The second-order valence-corrected chi connectivity index (χ2v) is 6.67. The summed E-state index contributed by atoms with van der Waals surface area (Å²) >= 11 is 0. The molecular formula is C14H20N2O4S. The minimum absolute atomic E-state index is 0.132. The van der Waals surface area contributed by atoms with Crippen LogP contribution in [0.4, 0.5) is 0 Å². The first-order chi connectivity index (χ1) is 9.72. The highest BCUT2D eigenvalue weighted by molar-refractivity contribution is 7.87. The molecule has 1 aromatic rings. The third kappa shape index (κ3) is 5.66. The molecule has 0 saturated heterocycles. The van der Waals surface area contributed by atoms with Gasteiger partial charge in [-0.15, -0.1) is 0 Å². The number of rotatable bonds is 7. The summed E-state index contributed by atoms with van der Waals surface area (Å²) in [5, 5.41) is 8.58. The van der Waals surface area contributed by atoms with Gasteiger partial charge in [0, 0.05) is 25.7 Å². The van der Waals surface area contributed by atoms with E-state index in [2.05, 4.69) is 4.72 Å². The zero-order valence-corrected chi connectivity index (χ0v) is 13.1. The Labute approximate surface area is 125 Å². The highest BCUT2D eigenvalue weighted by atomic mass is 32.2. The Morgan fingerprint density at radius 1 is 1.43 bits per heavy atom. The molecule has 0 saturated carbocycles. The molecule has 0 atom stereocenters. The third-order valence-corrected chi connectivity index (χ3v) is 4.62. The zero-order valence-electron chi connectivity index (χ0n) is 12.3. The summed E-state index contributed by atoms with van der Waals surface area (Å²) < 4.78 is 27.7. The van der Waals surface area contributed by atoms with E-state index in [0.717, 1.165) is 11.6 Å². The Morgan fingerprint density at radius 2 is 2.10 bits per heavy atom. The molecule has 0 aromatic heterocycles. The van der Waals surface area contributed by atoms with Crippen molar-refractivity contribution in [3.63, 3.8) is 0 Å². The SMILES string of the molecule is CC(C)N(C)S(=O)(=O)NCc1cccc(C=CC(=O)O)c1. The van der Waals surface area contributed by atoms with Gasteiger partial charge in [-0.25, -0.2) is 4.79 Å². The Hall–Kier alpha value is -1.70. The van der Waals surface area contributed by atoms with Crippen molar-refractivity contribution in [2.45, 2.75) is 26.4 Å². The fraction of sp³-hybridized carbons (Fsp3) is 0.357. The lowest BCUT2D eigenvalue weighted by Gasteiger charge is -2.21. The highest BCUT2D eigenvalue weighted by Gasteiger charge is 2.19. The van der Waals surface area contributed by atoms with Crippen molar-refractivity contribution in [3.8, 4) is 0 Å². The number of benzene rings is 1. The molecule has 0 radical (unpaired) electrons. The lowest BCUT2D eigenvalue weighted by molar-refractivity contribution is -0.131. The van der Waals surface area contributed by atoms with E-state index < -0.39 is 16.2 Å². The maximum absolute atomic E-state index is 12.0. The van der Waals surface area contributed by atoms with Gasteiger partial charge < -0.3 is 5.11 Å². The molecule has 0 amide bonds. The van der Waals surface area contributed by atoms with E-state index in [0.29, 0.717) is 5.56 Å². The molecule has 0 aliphatic carbocycles. The number of hydrogen-bond acceptors (Lipinski definition) is 3. The van der Waals surface area contributed by atoms with Crippen molar-refractivity contribution in [3.05, 3.63) is 41.5 Å². The van der Waals surface area contributed by atoms with E-state index in [9.17, 15) is 13.2 Å². The van der Waals surface area contributed by atoms with Gasteiger partial charge in [-0.05, 0) is 31.1 Å². The van der Waals surface area contributed by atoms with Crippen LogP contribution in [0.2, 0.25) is 0 Å². The average molecular weight is 312 g/mol. The largest absolute Gasteiger partial charge is 0.478 e. The summed E-state index contributed by atoms with van der Waals surface area (Å²) in [6.45, 7) is 3.72. The van der Waals surface area contributed by atoms with Crippen molar-refractivity contribution in [2.75, 3.05) is 7.05 Å². The van der Waals surface area contributed by atoms with E-state index in [1.54, 1.807) is 38.1 Å². The summed E-state index contributed by atoms with van der Waals surface area (Å²) in [5.41, 5.74) is 1.45. The molecule has 2 N–H and O–H groups in total. The van der Waals surface area contributed by atoms with Gasteiger partial charge in [0.2, 0.25) is 0 Å². The van der Waals surface area contributed by atoms with Crippen molar-refractivity contribution in [1.29, 1.82) is 0 Å². The molecule has 0 bridgehead atoms. The molecule has 1 rings (SSSR count). The molecule has 0 fully saturated rings. The zero-order chi connectivity index (χ0) is 16.0. The van der Waals surface area contributed by atoms with Gasteiger partial charge in [0.1, 0.15) is 0 Å². The summed E-state index contributed by atoms with van der Waals surface area (Å²) in [5.74, 6) is -1.03. The van der Waals surface area contributed by atoms with Crippen LogP contribution in [0.3, 0.4) is 0 Å². The molecule has 21 heavy (non-hydrogen) atoms. The van der Waals surface area contributed by atoms with Crippen molar-refractivity contribution >= 4 is 22.3 Å². The quantitative estimate of drug-likeness (QED) is 0.746. The van der Waals surface area contributed by atoms with E-state index in [4.69, 9.17) is 5.11 Å². The molecule has 6 nitrogen and oxygen atoms in total. The first kappa shape index (κ1) is 17.4. The third-order valence-electron chi connectivity index (χ3n) is 2.93. The smallest absolute Gasteiger partial charge is 0.328 e. The van der Waals surface area contributed by atoms with Gasteiger partial charge in [0.05, 0.1) is 0 Å². The average Bonchev–Trinajstić information content (AvgIpc) is 2.42. The second kappa shape index (κ2) is 7.35. The fourth-order valence-electron chi connectivity index (χ4n) is 1.53. The van der Waals surface area contributed by atoms with Crippen LogP contribution in [-0.4, -0.2) is 36.9 Å². The van der Waals surface area contributed by atoms with Crippen LogP contribution in [0.15, 0.2) is 30.3 Å². The number of nitrogens with zero attached hydrogens (tertiary/aromatic N) is 1. The Bertz CT molecular complexity index is 624. The summed E-state index contributed by atoms with van der Waals surface area (Å²) in [6, 6.07) is 6.87. The number of hydrogen-bond donors (Lipinski definition) is 2. The molecule has 0 aliphatic heterocycles. The number of aliphatic carboxylic acids is 1. The van der Waals surface area contributed by atoms with E-state index in [-0.39, 0.29) is 12.6 Å². The lowest BCUT2D eigenvalue weighted by atomic mass is 10.1. The molecule has 116 valence electrons. The predicted molar refractivity (Wildman–Crippen MR) is 81.8 cm³/mol. The van der Waals surface area contributed by atoms with Crippen molar-refractivity contribution in [1.82, 2.24) is 9.03 Å². The summed E-state index contributed by atoms with van der Waals surface area (Å²) in [6.07, 6.45) is 2.50. The predicted octanol–water partition coefficient (Wildman–Crippen LogP) is 1.46. The Balaban J connectivity index is 2.76. The van der Waals surface area contributed by atoms with Crippen molar-refractivity contribution < 1.29 is 18.3 Å². The van der Waals surface area contributed by atoms with Crippen LogP contribution in [0, 0.1) is 0 Å². The van der Waals surface area contributed by atoms with Crippen LogP contribution in [0.25, 0.3) is 6.08 Å². The van der Waals surface area contributed by atoms with E-state index in [1.165, 1.54) is 17.4 Å². The van der Waals surface area contributed by atoms with Crippen LogP contribution in [0.1, 0.15) is 25.0 Å². The minimum atomic E-state index is -3.53. The number of carboxylic acid groups (broad SMARTS) is 1. The summed E-state index contributed by atoms with van der Waals surface area (Å²) in [7, 11) is -2.01. The normalized spacial score (nSPS) is 12.4. The summed E-state index contributed by atoms with van der Waals surface area (Å²) in [4.78, 5) is 10.5. The first-order valence-corrected chi connectivity index (χ1v) is 7.89. The van der Waals surface area contributed by atoms with Crippen LogP contribution in [0.5, 0.6) is 0 Å². The maximum atomic E-state index is 12.0. The molecule has 0 aliphatic rings. The monoisotopic (exact) mass is 312 g/mol. The number of carboxylic acids is 1. The molecular weight excluding hydrogens is 292 g/mol. The molecule has 0 heterocycles. The Morgan fingerprint density at radius 3 is 2.67 bits per heavy atom. The molecule has 7 heteroatoms. The van der Waals surface area contributed by atoms with Crippen LogP contribution >= 0.6 is 0 Å². The second-order valence-electron chi connectivity index (χ2n) is 4.85. The van der Waals surface area contributed by atoms with Crippen molar-refractivity contribution in [2.24, 2.45) is 0 Å². The topological polar surface area (TPSA) is 86.7 Å². The van der Waals surface area contributed by atoms with Crippen LogP contribution < -0.4 is 4.72 Å². The number of carbonyl (C=O) groups is 1.